The molecule has 0 aliphatic rings. The molecule has 0 aliphatic heterocycles. The molecule has 0 fully saturated rings. The average molecular weight is 267 g/mol. The van der Waals surface area contributed by atoms with Crippen LogP contribution in [0.2, 0.25) is 0 Å². The third-order valence-electron chi connectivity index (χ3n) is 2.99. The molecule has 0 radical (unpaired) electrons. The molecule has 1 unspecified atom stereocenters. The van der Waals surface area contributed by atoms with Gasteiger partial charge in [-0.1, -0.05) is 19.9 Å². The van der Waals surface area contributed by atoms with Gasteiger partial charge in [0, 0.05) is 17.3 Å². The Bertz CT molecular complexity index is 332. The fourth-order valence-corrected chi connectivity index (χ4v) is 2.63. The van der Waals surface area contributed by atoms with Crippen molar-refractivity contribution in [3.05, 3.63) is 22.4 Å². The van der Waals surface area contributed by atoms with Gasteiger partial charge in [0.15, 0.2) is 0 Å². The smallest absolute Gasteiger partial charge is 0.220 e. The average Bonchev–Trinajstić information content (AvgIpc) is 2.79. The zero-order valence-corrected chi connectivity index (χ0v) is 12.6. The van der Waals surface area contributed by atoms with Gasteiger partial charge in [-0.05, 0) is 50.0 Å². The van der Waals surface area contributed by atoms with Crippen molar-refractivity contribution in [1.29, 1.82) is 0 Å². The number of rotatable bonds is 8. The van der Waals surface area contributed by atoms with Gasteiger partial charge in [0.25, 0.3) is 0 Å². The van der Waals surface area contributed by atoms with E-state index in [0.29, 0.717) is 18.4 Å². The second kappa shape index (κ2) is 8.30. The number of thiophene rings is 1. The van der Waals surface area contributed by atoms with Gasteiger partial charge in [0.2, 0.25) is 5.91 Å². The van der Waals surface area contributed by atoms with Crippen molar-refractivity contribution >= 4 is 17.2 Å². The molecule has 1 rings (SSSR count). The number of carbonyl (C=O) groups is 1. The van der Waals surface area contributed by atoms with Crippen molar-refractivity contribution in [2.24, 2.45) is 5.92 Å². The SMILES string of the molecule is CC(C)CCC(C)NC(=O)CCCc1cccs1. The summed E-state index contributed by atoms with van der Waals surface area (Å²) in [4.78, 5) is 13.1. The molecule has 0 aliphatic carbocycles. The first-order valence-corrected chi connectivity index (χ1v) is 7.77. The molecular weight excluding hydrogens is 242 g/mol. The highest BCUT2D eigenvalue weighted by molar-refractivity contribution is 7.09. The van der Waals surface area contributed by atoms with Crippen LogP contribution in [0.5, 0.6) is 0 Å². The summed E-state index contributed by atoms with van der Waals surface area (Å²) < 4.78 is 0. The topological polar surface area (TPSA) is 29.1 Å². The Kier molecular flexibility index (Phi) is 7.02. The molecule has 1 N–H and O–H groups in total. The fraction of sp³-hybridized carbons (Fsp3) is 0.667. The van der Waals surface area contributed by atoms with Crippen molar-refractivity contribution in [3.8, 4) is 0 Å². The predicted molar refractivity (Wildman–Crippen MR) is 78.9 cm³/mol. The van der Waals surface area contributed by atoms with Crippen molar-refractivity contribution < 1.29 is 4.79 Å². The van der Waals surface area contributed by atoms with Gasteiger partial charge in [-0.15, -0.1) is 11.3 Å². The van der Waals surface area contributed by atoms with E-state index < -0.39 is 0 Å². The molecule has 0 aromatic carbocycles. The number of amides is 1. The lowest BCUT2D eigenvalue weighted by Crippen LogP contribution is -2.32. The molecule has 1 aromatic heterocycles. The molecule has 2 nitrogen and oxygen atoms in total. The molecule has 1 amide bonds. The van der Waals surface area contributed by atoms with Crippen LogP contribution < -0.4 is 5.32 Å². The van der Waals surface area contributed by atoms with Crippen molar-refractivity contribution in [3.63, 3.8) is 0 Å². The highest BCUT2D eigenvalue weighted by atomic mass is 32.1. The summed E-state index contributed by atoms with van der Waals surface area (Å²) in [5.41, 5.74) is 0. The van der Waals surface area contributed by atoms with Crippen LogP contribution in [0.25, 0.3) is 0 Å². The Balaban J connectivity index is 2.09. The van der Waals surface area contributed by atoms with Crippen LogP contribution >= 0.6 is 11.3 Å². The van der Waals surface area contributed by atoms with E-state index in [9.17, 15) is 4.79 Å². The number of hydrogen-bond donors (Lipinski definition) is 1. The normalized spacial score (nSPS) is 12.7. The van der Waals surface area contributed by atoms with E-state index in [0.717, 1.165) is 19.3 Å². The molecule has 0 spiro atoms. The lowest BCUT2D eigenvalue weighted by molar-refractivity contribution is -0.121. The first kappa shape index (κ1) is 15.2. The maximum absolute atomic E-state index is 11.7. The first-order chi connectivity index (χ1) is 8.58. The molecule has 1 aromatic rings. The second-order valence-electron chi connectivity index (χ2n) is 5.37. The summed E-state index contributed by atoms with van der Waals surface area (Å²) in [5, 5.41) is 5.17. The fourth-order valence-electron chi connectivity index (χ4n) is 1.88. The van der Waals surface area contributed by atoms with Crippen LogP contribution in [0.3, 0.4) is 0 Å². The van der Waals surface area contributed by atoms with Crippen LogP contribution in [-0.4, -0.2) is 11.9 Å². The van der Waals surface area contributed by atoms with E-state index in [-0.39, 0.29) is 5.91 Å². The quantitative estimate of drug-likeness (QED) is 0.757. The lowest BCUT2D eigenvalue weighted by Gasteiger charge is -2.14. The molecule has 18 heavy (non-hydrogen) atoms. The maximum Gasteiger partial charge on any atom is 0.220 e. The van der Waals surface area contributed by atoms with Crippen molar-refractivity contribution in [1.82, 2.24) is 5.32 Å². The minimum Gasteiger partial charge on any atom is -0.354 e. The number of carbonyl (C=O) groups excluding carboxylic acids is 1. The Morgan fingerprint density at radius 1 is 1.33 bits per heavy atom. The Morgan fingerprint density at radius 2 is 2.11 bits per heavy atom. The zero-order valence-electron chi connectivity index (χ0n) is 11.7. The summed E-state index contributed by atoms with van der Waals surface area (Å²) in [6.07, 6.45) is 4.86. The molecule has 1 atom stereocenters. The molecule has 1 heterocycles. The standard InChI is InChI=1S/C15H25NOS/c1-12(2)9-10-13(3)16-15(17)8-4-6-14-7-5-11-18-14/h5,7,11-13H,4,6,8-10H2,1-3H3,(H,16,17). The van der Waals surface area contributed by atoms with Crippen LogP contribution in [0.15, 0.2) is 17.5 Å². The van der Waals surface area contributed by atoms with Crippen LogP contribution in [-0.2, 0) is 11.2 Å². The van der Waals surface area contributed by atoms with Crippen LogP contribution in [0, 0.1) is 5.92 Å². The van der Waals surface area contributed by atoms with E-state index in [1.165, 1.54) is 11.3 Å². The highest BCUT2D eigenvalue weighted by Gasteiger charge is 2.08. The summed E-state index contributed by atoms with van der Waals surface area (Å²) in [6.45, 7) is 6.53. The summed E-state index contributed by atoms with van der Waals surface area (Å²) in [7, 11) is 0. The monoisotopic (exact) mass is 267 g/mol. The Morgan fingerprint density at radius 3 is 2.72 bits per heavy atom. The van der Waals surface area contributed by atoms with Gasteiger partial charge in [-0.3, -0.25) is 4.79 Å². The van der Waals surface area contributed by atoms with E-state index in [2.05, 4.69) is 43.6 Å². The van der Waals surface area contributed by atoms with E-state index in [4.69, 9.17) is 0 Å². The highest BCUT2D eigenvalue weighted by Crippen LogP contribution is 2.12. The summed E-state index contributed by atoms with van der Waals surface area (Å²) in [5.74, 6) is 0.908. The van der Waals surface area contributed by atoms with Crippen LogP contribution in [0.1, 0.15) is 51.3 Å². The molecule has 0 saturated carbocycles. The second-order valence-corrected chi connectivity index (χ2v) is 6.40. The van der Waals surface area contributed by atoms with Crippen molar-refractivity contribution in [2.45, 2.75) is 58.9 Å². The number of aryl methyl sites for hydroxylation is 1. The molecular formula is C15H25NOS. The zero-order chi connectivity index (χ0) is 13.4. The van der Waals surface area contributed by atoms with Gasteiger partial charge < -0.3 is 5.32 Å². The van der Waals surface area contributed by atoms with E-state index in [1.807, 2.05) is 0 Å². The Hall–Kier alpha value is -0.830. The number of hydrogen-bond acceptors (Lipinski definition) is 2. The molecule has 3 heteroatoms. The van der Waals surface area contributed by atoms with E-state index in [1.54, 1.807) is 11.3 Å². The van der Waals surface area contributed by atoms with Gasteiger partial charge >= 0.3 is 0 Å². The number of nitrogens with one attached hydrogen (secondary N) is 1. The largest absolute Gasteiger partial charge is 0.354 e. The van der Waals surface area contributed by atoms with Gasteiger partial charge in [-0.2, -0.15) is 0 Å². The summed E-state index contributed by atoms with van der Waals surface area (Å²) in [6, 6.07) is 4.50. The molecule has 102 valence electrons. The maximum atomic E-state index is 11.7. The lowest BCUT2D eigenvalue weighted by atomic mass is 10.0. The third-order valence-corrected chi connectivity index (χ3v) is 3.93. The summed E-state index contributed by atoms with van der Waals surface area (Å²) >= 11 is 1.77. The van der Waals surface area contributed by atoms with Gasteiger partial charge in [0.1, 0.15) is 0 Å². The van der Waals surface area contributed by atoms with Crippen molar-refractivity contribution in [2.75, 3.05) is 0 Å². The Labute approximate surface area is 115 Å². The minimum atomic E-state index is 0.197. The third kappa shape index (κ3) is 6.80. The van der Waals surface area contributed by atoms with E-state index >= 15 is 0 Å². The minimum absolute atomic E-state index is 0.197. The molecule has 0 saturated heterocycles. The van der Waals surface area contributed by atoms with Crippen LogP contribution in [0.4, 0.5) is 0 Å². The van der Waals surface area contributed by atoms with Gasteiger partial charge in [0.05, 0.1) is 0 Å². The predicted octanol–water partition coefficient (Wildman–Crippen LogP) is 4.01. The molecule has 0 bridgehead atoms. The van der Waals surface area contributed by atoms with Gasteiger partial charge in [-0.25, -0.2) is 0 Å². The first-order valence-electron chi connectivity index (χ1n) is 6.89.